The van der Waals surface area contributed by atoms with Crippen LogP contribution in [-0.4, -0.2) is 39.9 Å². The molecule has 3 N–H and O–H groups in total. The lowest BCUT2D eigenvalue weighted by atomic mass is 10.2. The Morgan fingerprint density at radius 2 is 1.90 bits per heavy atom. The van der Waals surface area contributed by atoms with Gasteiger partial charge in [0.15, 0.2) is 0 Å². The number of benzene rings is 2. The number of methoxy groups -OCH3 is 1. The molecule has 1 unspecified atom stereocenters. The summed E-state index contributed by atoms with van der Waals surface area (Å²) in [5.41, 5.74) is 0.334. The second kappa shape index (κ2) is 11.0. The van der Waals surface area contributed by atoms with Crippen molar-refractivity contribution < 1.29 is 22.7 Å². The number of nitrogens with one attached hydrogen (secondary N) is 3. The molecule has 0 heterocycles. The molecule has 0 aliphatic rings. The van der Waals surface area contributed by atoms with E-state index < -0.39 is 15.9 Å². The van der Waals surface area contributed by atoms with Crippen LogP contribution < -0.4 is 20.1 Å². The lowest BCUT2D eigenvalue weighted by molar-refractivity contribution is -0.121. The zero-order chi connectivity index (χ0) is 23.0. The normalized spacial score (nSPS) is 12.0. The Hall–Kier alpha value is -2.78. The molecule has 0 saturated heterocycles. The summed E-state index contributed by atoms with van der Waals surface area (Å²) in [6.07, 6.45) is 0.943. The predicted molar refractivity (Wildman–Crippen MR) is 120 cm³/mol. The predicted octanol–water partition coefficient (Wildman–Crippen LogP) is 3.18. The lowest BCUT2D eigenvalue weighted by Crippen LogP contribution is -2.35. The maximum atomic E-state index is 12.8. The third-order valence-electron chi connectivity index (χ3n) is 4.47. The molecular weight excluding hydrogens is 442 g/mol. The van der Waals surface area contributed by atoms with Crippen LogP contribution in [0.15, 0.2) is 47.4 Å². The topological polar surface area (TPSA) is 114 Å². The van der Waals surface area contributed by atoms with E-state index in [2.05, 4.69) is 15.4 Å². The zero-order valence-corrected chi connectivity index (χ0v) is 19.1. The molecular formula is C21H26ClN3O5S. The van der Waals surface area contributed by atoms with Crippen LogP contribution >= 0.6 is 11.6 Å². The Labute approximate surface area is 187 Å². The number of anilines is 1. The second-order valence-electron chi connectivity index (χ2n) is 6.86. The van der Waals surface area contributed by atoms with Gasteiger partial charge in [-0.05, 0) is 49.7 Å². The number of amides is 2. The molecule has 2 aromatic carbocycles. The summed E-state index contributed by atoms with van der Waals surface area (Å²) in [7, 11) is -2.59. The molecule has 2 aromatic rings. The number of halogens is 1. The number of hydrogen-bond donors (Lipinski definition) is 3. The molecule has 168 valence electrons. The monoisotopic (exact) mass is 467 g/mol. The van der Waals surface area contributed by atoms with Gasteiger partial charge in [0.1, 0.15) is 5.75 Å². The molecule has 0 fully saturated rings. The summed E-state index contributed by atoms with van der Waals surface area (Å²) in [5.74, 6) is -0.336. The van der Waals surface area contributed by atoms with Crippen LogP contribution in [0, 0.1) is 0 Å². The first-order chi connectivity index (χ1) is 14.7. The van der Waals surface area contributed by atoms with Crippen molar-refractivity contribution in [1.29, 1.82) is 0 Å². The van der Waals surface area contributed by atoms with Crippen LogP contribution in [0.2, 0.25) is 5.02 Å². The highest BCUT2D eigenvalue weighted by Crippen LogP contribution is 2.29. The van der Waals surface area contributed by atoms with Crippen molar-refractivity contribution in [3.63, 3.8) is 0 Å². The van der Waals surface area contributed by atoms with E-state index in [9.17, 15) is 18.0 Å². The van der Waals surface area contributed by atoms with E-state index in [1.165, 1.54) is 37.4 Å². The number of rotatable bonds is 10. The van der Waals surface area contributed by atoms with Crippen LogP contribution in [0.4, 0.5) is 5.69 Å². The number of ether oxygens (including phenoxy) is 1. The molecule has 1 atom stereocenters. The first-order valence-corrected chi connectivity index (χ1v) is 11.6. The molecule has 31 heavy (non-hydrogen) atoms. The van der Waals surface area contributed by atoms with Crippen LogP contribution in [0.3, 0.4) is 0 Å². The van der Waals surface area contributed by atoms with E-state index in [1.54, 1.807) is 12.1 Å². The molecule has 0 aliphatic carbocycles. The van der Waals surface area contributed by atoms with E-state index in [0.29, 0.717) is 10.8 Å². The summed E-state index contributed by atoms with van der Waals surface area (Å²) >= 11 is 5.95. The summed E-state index contributed by atoms with van der Waals surface area (Å²) in [6.45, 7) is 4.00. The van der Waals surface area contributed by atoms with Gasteiger partial charge in [-0.1, -0.05) is 24.6 Å². The number of hydrogen-bond acceptors (Lipinski definition) is 5. The molecule has 0 spiro atoms. The molecule has 10 heteroatoms. The molecule has 8 nitrogen and oxygen atoms in total. The molecule has 2 amide bonds. The SMILES string of the molecule is CCC(C)NC(=O)CCNC(=O)c1cccc(S(=O)(=O)Nc2cc(Cl)ccc2OC)c1. The number of carbonyl (C=O) groups excluding carboxylic acids is 2. The van der Waals surface area contributed by atoms with Gasteiger partial charge in [-0.2, -0.15) is 0 Å². The maximum absolute atomic E-state index is 12.8. The Morgan fingerprint density at radius 3 is 2.58 bits per heavy atom. The van der Waals surface area contributed by atoms with Gasteiger partial charge in [0.05, 0.1) is 17.7 Å². The Bertz CT molecular complexity index is 1040. The second-order valence-corrected chi connectivity index (χ2v) is 8.98. The Balaban J connectivity index is 2.07. The van der Waals surface area contributed by atoms with Crippen molar-refractivity contribution in [3.05, 3.63) is 53.1 Å². The minimum Gasteiger partial charge on any atom is -0.495 e. The van der Waals surface area contributed by atoms with Crippen LogP contribution in [0.5, 0.6) is 5.75 Å². The van der Waals surface area contributed by atoms with Gasteiger partial charge < -0.3 is 15.4 Å². The van der Waals surface area contributed by atoms with Crippen molar-refractivity contribution in [1.82, 2.24) is 10.6 Å². The van der Waals surface area contributed by atoms with Gasteiger partial charge >= 0.3 is 0 Å². The van der Waals surface area contributed by atoms with Gasteiger partial charge in [0, 0.05) is 29.6 Å². The van der Waals surface area contributed by atoms with Crippen molar-refractivity contribution in [3.8, 4) is 5.75 Å². The van der Waals surface area contributed by atoms with E-state index >= 15 is 0 Å². The highest BCUT2D eigenvalue weighted by molar-refractivity contribution is 7.92. The Kier molecular flexibility index (Phi) is 8.70. The summed E-state index contributed by atoms with van der Waals surface area (Å²) in [4.78, 5) is 24.1. The van der Waals surface area contributed by atoms with E-state index in [4.69, 9.17) is 16.3 Å². The minimum atomic E-state index is -4.00. The lowest BCUT2D eigenvalue weighted by Gasteiger charge is -2.13. The standard InChI is InChI=1S/C21H26ClN3O5S/c1-4-14(2)24-20(26)10-11-23-21(27)15-6-5-7-17(12-15)31(28,29)25-18-13-16(22)8-9-19(18)30-3/h5-9,12-14,25H,4,10-11H2,1-3H3,(H,23,27)(H,24,26). The Morgan fingerprint density at radius 1 is 1.16 bits per heavy atom. The average molecular weight is 468 g/mol. The zero-order valence-electron chi connectivity index (χ0n) is 17.6. The van der Waals surface area contributed by atoms with Gasteiger partial charge in [-0.15, -0.1) is 0 Å². The third kappa shape index (κ3) is 7.15. The largest absolute Gasteiger partial charge is 0.495 e. The highest BCUT2D eigenvalue weighted by Gasteiger charge is 2.19. The van der Waals surface area contributed by atoms with Gasteiger partial charge in [-0.25, -0.2) is 8.42 Å². The van der Waals surface area contributed by atoms with E-state index in [-0.39, 0.29) is 41.1 Å². The summed E-state index contributed by atoms with van der Waals surface area (Å²) < 4.78 is 33.2. The quantitative estimate of drug-likeness (QED) is 0.496. The van der Waals surface area contributed by atoms with Crippen molar-refractivity contribution in [2.45, 2.75) is 37.6 Å². The van der Waals surface area contributed by atoms with Gasteiger partial charge in [0.25, 0.3) is 15.9 Å². The van der Waals surface area contributed by atoms with E-state index in [1.807, 2.05) is 13.8 Å². The van der Waals surface area contributed by atoms with Crippen molar-refractivity contribution in [2.24, 2.45) is 0 Å². The third-order valence-corrected chi connectivity index (χ3v) is 6.07. The van der Waals surface area contributed by atoms with Gasteiger partial charge in [0.2, 0.25) is 5.91 Å². The van der Waals surface area contributed by atoms with Gasteiger partial charge in [-0.3, -0.25) is 14.3 Å². The molecule has 0 bridgehead atoms. The first-order valence-electron chi connectivity index (χ1n) is 9.70. The first kappa shape index (κ1) is 24.5. The fourth-order valence-electron chi connectivity index (χ4n) is 2.61. The maximum Gasteiger partial charge on any atom is 0.262 e. The number of sulfonamides is 1. The average Bonchev–Trinajstić information content (AvgIpc) is 2.73. The van der Waals surface area contributed by atoms with Crippen molar-refractivity contribution >= 4 is 39.1 Å². The van der Waals surface area contributed by atoms with Crippen molar-refractivity contribution in [2.75, 3.05) is 18.4 Å². The molecule has 2 rings (SSSR count). The highest BCUT2D eigenvalue weighted by atomic mass is 35.5. The minimum absolute atomic E-state index is 0.0655. The molecule has 0 aliphatic heterocycles. The molecule has 0 saturated carbocycles. The summed E-state index contributed by atoms with van der Waals surface area (Å²) in [6, 6.07) is 10.2. The van der Waals surface area contributed by atoms with Crippen LogP contribution in [-0.2, 0) is 14.8 Å². The molecule has 0 aromatic heterocycles. The van der Waals surface area contributed by atoms with Crippen LogP contribution in [0.1, 0.15) is 37.0 Å². The summed E-state index contributed by atoms with van der Waals surface area (Å²) in [5, 5.41) is 5.77. The van der Waals surface area contributed by atoms with Crippen LogP contribution in [0.25, 0.3) is 0 Å². The van der Waals surface area contributed by atoms with E-state index in [0.717, 1.165) is 6.42 Å². The fourth-order valence-corrected chi connectivity index (χ4v) is 3.89. The smallest absolute Gasteiger partial charge is 0.262 e. The molecule has 0 radical (unpaired) electrons. The fraction of sp³-hybridized carbons (Fsp3) is 0.333. The number of carbonyl (C=O) groups is 2.